The highest BCUT2D eigenvalue weighted by Crippen LogP contribution is 2.40. The molecule has 2 atom stereocenters. The number of carbonyl (C=O) groups is 2. The predicted octanol–water partition coefficient (Wildman–Crippen LogP) is 1.84. The Labute approximate surface area is 123 Å². The number of carboxylic acid groups (broad SMARTS) is 1. The average Bonchev–Trinajstić information content (AvgIpc) is 3.21. The summed E-state index contributed by atoms with van der Waals surface area (Å²) in [7, 11) is 0. The van der Waals surface area contributed by atoms with Gasteiger partial charge in [0.1, 0.15) is 11.3 Å². The maximum atomic E-state index is 12.3. The Bertz CT molecular complexity index is 543. The zero-order valence-electron chi connectivity index (χ0n) is 12.9. The molecule has 0 aromatic carbocycles. The number of aromatic nitrogens is 1. The van der Waals surface area contributed by atoms with E-state index in [1.807, 2.05) is 13.8 Å². The van der Waals surface area contributed by atoms with Gasteiger partial charge in [0.2, 0.25) is 5.91 Å². The van der Waals surface area contributed by atoms with Crippen LogP contribution in [0.3, 0.4) is 0 Å². The third kappa shape index (κ3) is 3.09. The second kappa shape index (κ2) is 5.50. The number of aliphatic carboxylic acids is 1. The average molecular weight is 294 g/mol. The van der Waals surface area contributed by atoms with Crippen LogP contribution in [-0.2, 0) is 16.0 Å². The number of nitrogens with zero attached hydrogens (tertiary/aromatic N) is 1. The molecule has 1 aromatic heterocycles. The van der Waals surface area contributed by atoms with Gasteiger partial charge < -0.3 is 14.9 Å². The van der Waals surface area contributed by atoms with Gasteiger partial charge in [0, 0.05) is 11.5 Å². The number of carboxylic acids is 1. The molecular weight excluding hydrogens is 272 g/mol. The van der Waals surface area contributed by atoms with E-state index >= 15 is 0 Å². The second-order valence-electron chi connectivity index (χ2n) is 6.18. The van der Waals surface area contributed by atoms with Crippen LogP contribution in [0.4, 0.5) is 0 Å². The van der Waals surface area contributed by atoms with Gasteiger partial charge in [-0.15, -0.1) is 0 Å². The normalized spacial score (nSPS) is 18.9. The molecule has 6 heteroatoms. The van der Waals surface area contributed by atoms with Gasteiger partial charge in [0.25, 0.3) is 0 Å². The fourth-order valence-corrected chi connectivity index (χ4v) is 2.56. The Morgan fingerprint density at radius 3 is 2.52 bits per heavy atom. The molecule has 2 unspecified atom stereocenters. The Morgan fingerprint density at radius 2 is 2.10 bits per heavy atom. The lowest BCUT2D eigenvalue weighted by molar-refractivity contribution is -0.148. The predicted molar refractivity (Wildman–Crippen MR) is 75.8 cm³/mol. The highest BCUT2D eigenvalue weighted by molar-refractivity contribution is 5.88. The highest BCUT2D eigenvalue weighted by Gasteiger charge is 2.48. The summed E-state index contributed by atoms with van der Waals surface area (Å²) in [6.45, 7) is 7.03. The van der Waals surface area contributed by atoms with Gasteiger partial charge in [-0.25, -0.2) is 4.79 Å². The lowest BCUT2D eigenvalue weighted by Gasteiger charge is -2.27. The standard InChI is InChI=1S/C15H22N2O4/c1-8(7-12-9(2)17-21-10(12)3)13(18)16-15(4,14(19)20)11-5-6-11/h8,11H,5-7H2,1-4H3,(H,16,18)(H,19,20). The number of carbonyl (C=O) groups excluding carboxylic acids is 1. The lowest BCUT2D eigenvalue weighted by Crippen LogP contribution is -2.55. The highest BCUT2D eigenvalue weighted by atomic mass is 16.5. The first-order valence-corrected chi connectivity index (χ1v) is 7.23. The van der Waals surface area contributed by atoms with Crippen molar-refractivity contribution < 1.29 is 19.2 Å². The number of amides is 1. The smallest absolute Gasteiger partial charge is 0.329 e. The maximum Gasteiger partial charge on any atom is 0.329 e. The number of hydrogen-bond donors (Lipinski definition) is 2. The van der Waals surface area contributed by atoms with Crippen molar-refractivity contribution in [2.45, 2.75) is 52.5 Å². The molecule has 6 nitrogen and oxygen atoms in total. The van der Waals surface area contributed by atoms with Crippen molar-refractivity contribution in [3.05, 3.63) is 17.0 Å². The molecule has 1 aliphatic rings. The molecule has 1 fully saturated rings. The zero-order chi connectivity index (χ0) is 15.8. The van der Waals surface area contributed by atoms with Crippen molar-refractivity contribution in [1.29, 1.82) is 0 Å². The van der Waals surface area contributed by atoms with Crippen molar-refractivity contribution in [1.82, 2.24) is 10.5 Å². The summed E-state index contributed by atoms with van der Waals surface area (Å²) in [4.78, 5) is 23.8. The van der Waals surface area contributed by atoms with E-state index in [0.29, 0.717) is 12.2 Å². The first-order chi connectivity index (χ1) is 9.75. The molecule has 2 N–H and O–H groups in total. The minimum absolute atomic E-state index is 0.0326. The molecule has 1 amide bonds. The van der Waals surface area contributed by atoms with E-state index in [-0.39, 0.29) is 17.7 Å². The van der Waals surface area contributed by atoms with E-state index in [1.54, 1.807) is 13.8 Å². The summed E-state index contributed by atoms with van der Waals surface area (Å²) in [5, 5.41) is 16.0. The molecule has 1 heterocycles. The van der Waals surface area contributed by atoms with E-state index in [9.17, 15) is 14.7 Å². The second-order valence-corrected chi connectivity index (χ2v) is 6.18. The van der Waals surface area contributed by atoms with Gasteiger partial charge in [-0.3, -0.25) is 4.79 Å². The Kier molecular flexibility index (Phi) is 4.07. The van der Waals surface area contributed by atoms with Gasteiger partial charge in [0.15, 0.2) is 0 Å². The van der Waals surface area contributed by atoms with Crippen LogP contribution in [0.2, 0.25) is 0 Å². The largest absolute Gasteiger partial charge is 0.480 e. The van der Waals surface area contributed by atoms with Crippen LogP contribution in [0.5, 0.6) is 0 Å². The van der Waals surface area contributed by atoms with Crippen molar-refractivity contribution in [2.75, 3.05) is 0 Å². The van der Waals surface area contributed by atoms with E-state index in [4.69, 9.17) is 4.52 Å². The van der Waals surface area contributed by atoms with Gasteiger partial charge >= 0.3 is 5.97 Å². The maximum absolute atomic E-state index is 12.3. The third-order valence-corrected chi connectivity index (χ3v) is 4.36. The molecule has 0 radical (unpaired) electrons. The number of aryl methyl sites for hydroxylation is 2. The van der Waals surface area contributed by atoms with Crippen molar-refractivity contribution in [3.8, 4) is 0 Å². The van der Waals surface area contributed by atoms with Gasteiger partial charge in [-0.2, -0.15) is 0 Å². The Hall–Kier alpha value is -1.85. The van der Waals surface area contributed by atoms with Crippen LogP contribution >= 0.6 is 0 Å². The Balaban J connectivity index is 2.04. The molecule has 2 rings (SSSR count). The molecule has 0 bridgehead atoms. The lowest BCUT2D eigenvalue weighted by atomic mass is 9.93. The van der Waals surface area contributed by atoms with Crippen molar-refractivity contribution in [3.63, 3.8) is 0 Å². The molecule has 1 aliphatic carbocycles. The van der Waals surface area contributed by atoms with E-state index in [2.05, 4.69) is 10.5 Å². The molecule has 1 aromatic rings. The molecule has 0 spiro atoms. The minimum Gasteiger partial charge on any atom is -0.480 e. The molecule has 1 saturated carbocycles. The SMILES string of the molecule is Cc1noc(C)c1CC(C)C(=O)NC(C)(C(=O)O)C1CC1. The van der Waals surface area contributed by atoms with E-state index in [0.717, 1.165) is 24.1 Å². The molecule has 0 saturated heterocycles. The zero-order valence-corrected chi connectivity index (χ0v) is 12.9. The van der Waals surface area contributed by atoms with Crippen molar-refractivity contribution >= 4 is 11.9 Å². The third-order valence-electron chi connectivity index (χ3n) is 4.36. The van der Waals surface area contributed by atoms with Crippen LogP contribution in [0, 0.1) is 25.7 Å². The summed E-state index contributed by atoms with van der Waals surface area (Å²) in [6, 6.07) is 0. The van der Waals surface area contributed by atoms with Gasteiger partial charge in [-0.05, 0) is 46.0 Å². The monoisotopic (exact) mass is 294 g/mol. The number of hydrogen-bond acceptors (Lipinski definition) is 4. The minimum atomic E-state index is -1.16. The quantitative estimate of drug-likeness (QED) is 0.835. The summed E-state index contributed by atoms with van der Waals surface area (Å²) in [5.41, 5.74) is 0.529. The topological polar surface area (TPSA) is 92.4 Å². The van der Waals surface area contributed by atoms with E-state index in [1.165, 1.54) is 0 Å². The van der Waals surface area contributed by atoms with Crippen molar-refractivity contribution in [2.24, 2.45) is 11.8 Å². The first kappa shape index (κ1) is 15.5. The molecule has 116 valence electrons. The van der Waals surface area contributed by atoms with E-state index < -0.39 is 11.5 Å². The Morgan fingerprint density at radius 1 is 1.48 bits per heavy atom. The van der Waals surface area contributed by atoms with Crippen LogP contribution in [0.15, 0.2) is 4.52 Å². The summed E-state index contributed by atoms with van der Waals surface area (Å²) >= 11 is 0. The fraction of sp³-hybridized carbons (Fsp3) is 0.667. The van der Waals surface area contributed by atoms with Gasteiger partial charge in [-0.1, -0.05) is 12.1 Å². The number of rotatable bonds is 6. The number of nitrogens with one attached hydrogen (secondary N) is 1. The molecule has 0 aliphatic heterocycles. The van der Waals surface area contributed by atoms with Gasteiger partial charge in [0.05, 0.1) is 5.69 Å². The summed E-state index contributed by atoms with van der Waals surface area (Å²) < 4.78 is 5.09. The molecular formula is C15H22N2O4. The van der Waals surface area contributed by atoms with Crippen LogP contribution in [-0.4, -0.2) is 27.7 Å². The van der Waals surface area contributed by atoms with Crippen LogP contribution < -0.4 is 5.32 Å². The first-order valence-electron chi connectivity index (χ1n) is 7.23. The van der Waals surface area contributed by atoms with Crippen LogP contribution in [0.1, 0.15) is 43.7 Å². The van der Waals surface area contributed by atoms with Crippen LogP contribution in [0.25, 0.3) is 0 Å². The summed E-state index contributed by atoms with van der Waals surface area (Å²) in [6.07, 6.45) is 2.19. The molecule has 21 heavy (non-hydrogen) atoms. The fourth-order valence-electron chi connectivity index (χ4n) is 2.56. The summed E-state index contributed by atoms with van der Waals surface area (Å²) in [5.74, 6) is -0.811.